The van der Waals surface area contributed by atoms with Crippen LogP contribution in [0.5, 0.6) is 0 Å². The van der Waals surface area contributed by atoms with E-state index in [0.717, 1.165) is 30.5 Å². The minimum Gasteiger partial charge on any atom is -0.468 e. The second-order valence-electron chi connectivity index (χ2n) is 4.25. The summed E-state index contributed by atoms with van der Waals surface area (Å²) in [5.74, 6) is 2.76. The molecule has 1 N–H and O–H groups in total. The van der Waals surface area contributed by atoms with Gasteiger partial charge in [-0.25, -0.2) is 0 Å². The lowest BCUT2D eigenvalue weighted by atomic mass is 10.2. The van der Waals surface area contributed by atoms with Crippen LogP contribution in [0.1, 0.15) is 26.5 Å². The Bertz CT molecular complexity index is 246. The predicted octanol–water partition coefficient (Wildman–Crippen LogP) is 3.15. The minimum absolute atomic E-state index is 0.633. The molecule has 1 aromatic heterocycles. The van der Waals surface area contributed by atoms with Gasteiger partial charge in [-0.1, -0.05) is 20.8 Å². The number of nitrogens with one attached hydrogen (secondary N) is 1. The second-order valence-corrected chi connectivity index (χ2v) is 5.68. The van der Waals surface area contributed by atoms with Crippen molar-refractivity contribution in [1.29, 1.82) is 0 Å². The van der Waals surface area contributed by atoms with E-state index in [0.29, 0.717) is 5.25 Å². The number of furan rings is 1. The third-order valence-corrected chi connectivity index (χ3v) is 3.26. The molecule has 0 saturated carbocycles. The van der Waals surface area contributed by atoms with Crippen LogP contribution in [0.3, 0.4) is 0 Å². The maximum absolute atomic E-state index is 5.29. The molecule has 86 valence electrons. The van der Waals surface area contributed by atoms with Crippen molar-refractivity contribution in [3.8, 4) is 0 Å². The number of thioether (sulfide) groups is 1. The van der Waals surface area contributed by atoms with Crippen LogP contribution >= 0.6 is 11.8 Å². The van der Waals surface area contributed by atoms with E-state index in [1.807, 2.05) is 23.9 Å². The zero-order valence-corrected chi connectivity index (χ0v) is 10.6. The topological polar surface area (TPSA) is 25.2 Å². The largest absolute Gasteiger partial charge is 0.468 e. The molecule has 0 aromatic carbocycles. The Labute approximate surface area is 96.8 Å². The van der Waals surface area contributed by atoms with Gasteiger partial charge in [-0.3, -0.25) is 0 Å². The fourth-order valence-electron chi connectivity index (χ4n) is 1.25. The van der Waals surface area contributed by atoms with E-state index in [1.54, 1.807) is 6.26 Å². The zero-order valence-electron chi connectivity index (χ0n) is 9.82. The molecule has 0 bridgehead atoms. The van der Waals surface area contributed by atoms with Gasteiger partial charge < -0.3 is 9.73 Å². The van der Waals surface area contributed by atoms with E-state index in [9.17, 15) is 0 Å². The summed E-state index contributed by atoms with van der Waals surface area (Å²) in [6, 6.07) is 3.97. The fourth-order valence-corrected chi connectivity index (χ4v) is 2.10. The maximum atomic E-state index is 5.29. The van der Waals surface area contributed by atoms with Crippen molar-refractivity contribution in [2.75, 3.05) is 13.1 Å². The normalized spacial score (nSPS) is 13.3. The van der Waals surface area contributed by atoms with Gasteiger partial charge in [-0.2, -0.15) is 0 Å². The van der Waals surface area contributed by atoms with Crippen LogP contribution in [0.15, 0.2) is 22.8 Å². The molecular weight excluding hydrogens is 206 g/mol. The molecule has 0 radical (unpaired) electrons. The van der Waals surface area contributed by atoms with Crippen molar-refractivity contribution in [1.82, 2.24) is 5.32 Å². The molecule has 0 amide bonds. The summed E-state index contributed by atoms with van der Waals surface area (Å²) in [5, 5.41) is 4.10. The SMILES string of the molecule is CC(C)CNCC(C)SCc1ccco1. The zero-order chi connectivity index (χ0) is 11.1. The smallest absolute Gasteiger partial charge is 0.113 e. The first-order chi connectivity index (χ1) is 7.18. The first-order valence-electron chi connectivity index (χ1n) is 5.53. The number of hydrogen-bond acceptors (Lipinski definition) is 3. The Morgan fingerprint density at radius 1 is 1.33 bits per heavy atom. The van der Waals surface area contributed by atoms with Crippen LogP contribution in [0.2, 0.25) is 0 Å². The van der Waals surface area contributed by atoms with Crippen molar-refractivity contribution in [3.63, 3.8) is 0 Å². The summed E-state index contributed by atoms with van der Waals surface area (Å²) in [7, 11) is 0. The Morgan fingerprint density at radius 3 is 2.73 bits per heavy atom. The highest BCUT2D eigenvalue weighted by Crippen LogP contribution is 2.17. The van der Waals surface area contributed by atoms with Gasteiger partial charge in [-0.05, 0) is 24.6 Å². The lowest BCUT2D eigenvalue weighted by Gasteiger charge is -2.12. The summed E-state index contributed by atoms with van der Waals surface area (Å²) < 4.78 is 5.29. The van der Waals surface area contributed by atoms with Crippen LogP contribution < -0.4 is 5.32 Å². The van der Waals surface area contributed by atoms with Crippen molar-refractivity contribution in [3.05, 3.63) is 24.2 Å². The molecule has 0 spiro atoms. The van der Waals surface area contributed by atoms with Crippen molar-refractivity contribution >= 4 is 11.8 Å². The van der Waals surface area contributed by atoms with Gasteiger partial charge in [0.1, 0.15) is 5.76 Å². The van der Waals surface area contributed by atoms with Crippen molar-refractivity contribution < 1.29 is 4.42 Å². The summed E-state index contributed by atoms with van der Waals surface area (Å²) in [4.78, 5) is 0. The molecule has 15 heavy (non-hydrogen) atoms. The molecule has 2 nitrogen and oxygen atoms in total. The molecule has 0 fully saturated rings. The summed E-state index contributed by atoms with van der Waals surface area (Å²) in [6.07, 6.45) is 1.73. The molecular formula is C12H21NOS. The lowest BCUT2D eigenvalue weighted by molar-refractivity contribution is 0.529. The average Bonchev–Trinajstić information content (AvgIpc) is 2.66. The lowest BCUT2D eigenvalue weighted by Crippen LogP contribution is -2.26. The van der Waals surface area contributed by atoms with Gasteiger partial charge in [0.15, 0.2) is 0 Å². The van der Waals surface area contributed by atoms with Crippen LogP contribution in [0.4, 0.5) is 0 Å². The second kappa shape index (κ2) is 6.96. The van der Waals surface area contributed by atoms with E-state index in [1.165, 1.54) is 0 Å². The Balaban J connectivity index is 2.06. The summed E-state index contributed by atoms with van der Waals surface area (Å²) >= 11 is 1.93. The van der Waals surface area contributed by atoms with Crippen LogP contribution in [0.25, 0.3) is 0 Å². The molecule has 0 aliphatic heterocycles. The number of rotatable bonds is 7. The number of hydrogen-bond donors (Lipinski definition) is 1. The van der Waals surface area contributed by atoms with Crippen LogP contribution in [-0.2, 0) is 5.75 Å². The summed E-state index contributed by atoms with van der Waals surface area (Å²) in [5.41, 5.74) is 0. The molecule has 1 heterocycles. The highest BCUT2D eigenvalue weighted by Gasteiger charge is 2.04. The Kier molecular flexibility index (Phi) is 5.88. The van der Waals surface area contributed by atoms with E-state index < -0.39 is 0 Å². The van der Waals surface area contributed by atoms with Crippen molar-refractivity contribution in [2.45, 2.75) is 31.8 Å². The molecule has 1 aromatic rings. The highest BCUT2D eigenvalue weighted by molar-refractivity contribution is 7.99. The van der Waals surface area contributed by atoms with Crippen LogP contribution in [0, 0.1) is 5.92 Å². The van der Waals surface area contributed by atoms with Gasteiger partial charge in [0.05, 0.1) is 12.0 Å². The molecule has 0 aliphatic rings. The van der Waals surface area contributed by atoms with Crippen molar-refractivity contribution in [2.24, 2.45) is 5.92 Å². The van der Waals surface area contributed by atoms with E-state index in [4.69, 9.17) is 4.42 Å². The Morgan fingerprint density at radius 2 is 2.13 bits per heavy atom. The third-order valence-electron chi connectivity index (χ3n) is 2.07. The first kappa shape index (κ1) is 12.7. The quantitative estimate of drug-likeness (QED) is 0.774. The average molecular weight is 227 g/mol. The van der Waals surface area contributed by atoms with Gasteiger partial charge >= 0.3 is 0 Å². The highest BCUT2D eigenvalue weighted by atomic mass is 32.2. The van der Waals surface area contributed by atoms with Crippen LogP contribution in [-0.4, -0.2) is 18.3 Å². The molecule has 1 rings (SSSR count). The molecule has 3 heteroatoms. The maximum Gasteiger partial charge on any atom is 0.113 e. The minimum atomic E-state index is 0.633. The molecule has 1 unspecified atom stereocenters. The van der Waals surface area contributed by atoms with E-state index in [-0.39, 0.29) is 0 Å². The molecule has 1 atom stereocenters. The third kappa shape index (κ3) is 5.90. The molecule has 0 saturated heterocycles. The van der Waals surface area contributed by atoms with Gasteiger partial charge in [0.25, 0.3) is 0 Å². The first-order valence-corrected chi connectivity index (χ1v) is 6.58. The van der Waals surface area contributed by atoms with Gasteiger partial charge in [0.2, 0.25) is 0 Å². The predicted molar refractivity (Wildman–Crippen MR) is 67.2 cm³/mol. The Hall–Kier alpha value is -0.410. The van der Waals surface area contributed by atoms with E-state index >= 15 is 0 Å². The van der Waals surface area contributed by atoms with Gasteiger partial charge in [-0.15, -0.1) is 11.8 Å². The monoisotopic (exact) mass is 227 g/mol. The van der Waals surface area contributed by atoms with E-state index in [2.05, 4.69) is 26.1 Å². The summed E-state index contributed by atoms with van der Waals surface area (Å²) in [6.45, 7) is 8.89. The van der Waals surface area contributed by atoms with Gasteiger partial charge in [0, 0.05) is 11.8 Å². The standard InChI is InChI=1S/C12H21NOS/c1-10(2)7-13-8-11(3)15-9-12-5-4-6-14-12/h4-6,10-11,13H,7-9H2,1-3H3. The fraction of sp³-hybridized carbons (Fsp3) is 0.667. The molecule has 0 aliphatic carbocycles.